The van der Waals surface area contributed by atoms with Gasteiger partial charge in [0.25, 0.3) is 0 Å². The molecule has 0 unspecified atom stereocenters. The fourth-order valence-electron chi connectivity index (χ4n) is 3.12. The number of hydrogen-bond acceptors (Lipinski definition) is 6. The Labute approximate surface area is 154 Å². The van der Waals surface area contributed by atoms with Crippen LogP contribution in [0.15, 0.2) is 35.8 Å². The van der Waals surface area contributed by atoms with Gasteiger partial charge in [-0.1, -0.05) is 12.1 Å². The van der Waals surface area contributed by atoms with Gasteiger partial charge in [0.2, 0.25) is 5.88 Å². The fourth-order valence-corrected chi connectivity index (χ4v) is 3.12. The zero-order valence-corrected chi connectivity index (χ0v) is 14.5. The Balaban J connectivity index is 1.84. The van der Waals surface area contributed by atoms with E-state index in [0.29, 0.717) is 0 Å². The number of halogens is 3. The summed E-state index contributed by atoms with van der Waals surface area (Å²) in [5, 5.41) is 8.89. The highest BCUT2D eigenvalue weighted by Crippen LogP contribution is 2.36. The van der Waals surface area contributed by atoms with E-state index in [1.165, 1.54) is 12.1 Å². The Hall–Kier alpha value is -2.62. The van der Waals surface area contributed by atoms with E-state index in [0.717, 1.165) is 31.2 Å². The molecule has 1 aromatic carbocycles. The highest BCUT2D eigenvalue weighted by molar-refractivity contribution is 5.86. The number of ether oxygens (including phenoxy) is 2. The Morgan fingerprint density at radius 2 is 1.78 bits per heavy atom. The Morgan fingerprint density at radius 1 is 1.19 bits per heavy atom. The lowest BCUT2D eigenvalue weighted by atomic mass is 9.79. The molecule has 1 aliphatic carbocycles. The molecule has 0 heterocycles. The summed E-state index contributed by atoms with van der Waals surface area (Å²) in [6.07, 6.45) is -1.35. The number of nitrogens with one attached hydrogen (secondary N) is 1. The zero-order valence-electron chi connectivity index (χ0n) is 14.5. The van der Waals surface area contributed by atoms with E-state index in [1.54, 1.807) is 12.1 Å². The molecule has 7 nitrogen and oxygen atoms in total. The van der Waals surface area contributed by atoms with Crippen molar-refractivity contribution in [1.82, 2.24) is 5.43 Å². The SMILES string of the molecule is NN/C(C(=O)O)=C(\N)OCC1CCC(c2ccc(OC(F)(F)F)cc2)CC1. The minimum absolute atomic E-state index is 0.209. The third kappa shape index (κ3) is 6.24. The maximum atomic E-state index is 12.2. The molecule has 0 radical (unpaired) electrons. The molecule has 150 valence electrons. The van der Waals surface area contributed by atoms with Gasteiger partial charge in [-0.3, -0.25) is 5.84 Å². The standard InChI is InChI=1S/C17H22F3N3O4/c18-17(19,20)27-13-7-5-12(6-8-13)11-3-1-10(2-4-11)9-26-15(21)14(23-22)16(24)25/h5-8,10-11,23H,1-4,9,21-22H2,(H,24,25)/b15-14+. The van der Waals surface area contributed by atoms with Gasteiger partial charge in [-0.2, -0.15) is 0 Å². The predicted octanol–water partition coefficient (Wildman–Crippen LogP) is 2.55. The zero-order chi connectivity index (χ0) is 20.0. The summed E-state index contributed by atoms with van der Waals surface area (Å²) in [5.74, 6) is 3.73. The Bertz CT molecular complexity index is 669. The molecular formula is C17H22F3N3O4. The number of aliphatic carboxylic acids is 1. The smallest absolute Gasteiger partial charge is 0.477 e. The number of nitrogens with two attached hydrogens (primary N) is 2. The fraction of sp³-hybridized carbons (Fsp3) is 0.471. The van der Waals surface area contributed by atoms with Crippen molar-refractivity contribution >= 4 is 5.97 Å². The number of carboxylic acids is 1. The number of hydrogen-bond donors (Lipinski definition) is 4. The van der Waals surface area contributed by atoms with Crippen LogP contribution in [0.25, 0.3) is 0 Å². The first-order valence-electron chi connectivity index (χ1n) is 8.37. The molecule has 0 bridgehead atoms. The molecule has 1 fully saturated rings. The van der Waals surface area contributed by atoms with Crippen LogP contribution in [0.5, 0.6) is 5.75 Å². The average molecular weight is 389 g/mol. The normalized spacial score (nSPS) is 21.2. The van der Waals surface area contributed by atoms with E-state index < -0.39 is 18.0 Å². The summed E-state index contributed by atoms with van der Waals surface area (Å²) >= 11 is 0. The van der Waals surface area contributed by atoms with Crippen LogP contribution in [-0.4, -0.2) is 24.0 Å². The summed E-state index contributed by atoms with van der Waals surface area (Å²) in [5.41, 5.74) is 8.11. The van der Waals surface area contributed by atoms with Gasteiger partial charge in [0, 0.05) is 0 Å². The quantitative estimate of drug-likeness (QED) is 0.245. The van der Waals surface area contributed by atoms with E-state index in [2.05, 4.69) is 4.74 Å². The number of rotatable bonds is 7. The van der Waals surface area contributed by atoms with Crippen LogP contribution in [0.1, 0.15) is 37.2 Å². The van der Waals surface area contributed by atoms with Crippen LogP contribution in [0.4, 0.5) is 13.2 Å². The molecular weight excluding hydrogens is 367 g/mol. The number of carboxylic acid groups (broad SMARTS) is 1. The lowest BCUT2D eigenvalue weighted by Gasteiger charge is -2.29. The van der Waals surface area contributed by atoms with Crippen molar-refractivity contribution in [1.29, 1.82) is 0 Å². The molecule has 1 aliphatic rings. The van der Waals surface area contributed by atoms with Gasteiger partial charge in [-0.25, -0.2) is 4.79 Å². The average Bonchev–Trinajstić information content (AvgIpc) is 2.60. The molecule has 0 atom stereocenters. The maximum Gasteiger partial charge on any atom is 0.573 e. The summed E-state index contributed by atoms with van der Waals surface area (Å²) in [6.45, 7) is 0.273. The van der Waals surface area contributed by atoms with Crippen LogP contribution < -0.4 is 21.7 Å². The minimum Gasteiger partial charge on any atom is -0.477 e. The number of hydrazine groups is 1. The monoisotopic (exact) mass is 389 g/mol. The molecule has 0 aromatic heterocycles. The van der Waals surface area contributed by atoms with Gasteiger partial charge >= 0.3 is 12.3 Å². The minimum atomic E-state index is -4.70. The second-order valence-electron chi connectivity index (χ2n) is 6.33. The number of alkyl halides is 3. The van der Waals surface area contributed by atoms with Crippen molar-refractivity contribution in [2.24, 2.45) is 17.5 Å². The van der Waals surface area contributed by atoms with Gasteiger partial charge in [-0.15, -0.1) is 13.2 Å². The molecule has 1 aromatic rings. The summed E-state index contributed by atoms with van der Waals surface area (Å²) in [4.78, 5) is 10.9. The van der Waals surface area contributed by atoms with Crippen LogP contribution >= 0.6 is 0 Å². The largest absolute Gasteiger partial charge is 0.573 e. The molecule has 1 saturated carbocycles. The summed E-state index contributed by atoms with van der Waals surface area (Å²) < 4.78 is 45.8. The third-order valence-electron chi connectivity index (χ3n) is 4.51. The van der Waals surface area contributed by atoms with Crippen LogP contribution in [-0.2, 0) is 9.53 Å². The van der Waals surface area contributed by atoms with E-state index in [1.807, 2.05) is 5.43 Å². The second kappa shape index (κ2) is 8.85. The second-order valence-corrected chi connectivity index (χ2v) is 6.33. The van der Waals surface area contributed by atoms with E-state index in [4.69, 9.17) is 21.4 Å². The molecule has 27 heavy (non-hydrogen) atoms. The Kier molecular flexibility index (Phi) is 6.78. The van der Waals surface area contributed by atoms with Gasteiger partial charge in [0.15, 0.2) is 5.70 Å². The van der Waals surface area contributed by atoms with Gasteiger partial charge in [-0.05, 0) is 55.2 Å². The molecule has 0 saturated heterocycles. The molecule has 0 amide bonds. The maximum absolute atomic E-state index is 12.2. The van der Waals surface area contributed by atoms with Gasteiger partial charge in [0.1, 0.15) is 5.75 Å². The van der Waals surface area contributed by atoms with Gasteiger partial charge in [0.05, 0.1) is 6.61 Å². The highest BCUT2D eigenvalue weighted by Gasteiger charge is 2.31. The molecule has 0 aliphatic heterocycles. The van der Waals surface area contributed by atoms with Crippen molar-refractivity contribution in [3.05, 3.63) is 41.4 Å². The van der Waals surface area contributed by atoms with Crippen molar-refractivity contribution in [2.45, 2.75) is 38.0 Å². The number of carbonyl (C=O) groups is 1. The summed E-state index contributed by atoms with van der Waals surface area (Å²) in [7, 11) is 0. The number of benzene rings is 1. The van der Waals surface area contributed by atoms with Crippen molar-refractivity contribution < 1.29 is 32.5 Å². The van der Waals surface area contributed by atoms with E-state index in [9.17, 15) is 18.0 Å². The molecule has 10 heteroatoms. The van der Waals surface area contributed by atoms with Gasteiger partial charge < -0.3 is 25.7 Å². The van der Waals surface area contributed by atoms with Crippen molar-refractivity contribution in [2.75, 3.05) is 6.61 Å². The molecule has 6 N–H and O–H groups in total. The topological polar surface area (TPSA) is 120 Å². The van der Waals surface area contributed by atoms with E-state index in [-0.39, 0.29) is 30.1 Å². The first kappa shape index (κ1) is 20.7. The molecule has 2 rings (SSSR count). The lowest BCUT2D eigenvalue weighted by Crippen LogP contribution is -2.31. The molecule has 0 spiro atoms. The van der Waals surface area contributed by atoms with Crippen molar-refractivity contribution in [3.8, 4) is 5.75 Å². The van der Waals surface area contributed by atoms with Crippen molar-refractivity contribution in [3.63, 3.8) is 0 Å². The first-order chi connectivity index (χ1) is 12.7. The van der Waals surface area contributed by atoms with Crippen LogP contribution in [0.3, 0.4) is 0 Å². The van der Waals surface area contributed by atoms with Crippen LogP contribution in [0.2, 0.25) is 0 Å². The highest BCUT2D eigenvalue weighted by atomic mass is 19.4. The Morgan fingerprint density at radius 3 is 2.26 bits per heavy atom. The lowest BCUT2D eigenvalue weighted by molar-refractivity contribution is -0.274. The summed E-state index contributed by atoms with van der Waals surface area (Å²) in [6, 6.07) is 5.93. The third-order valence-corrected chi connectivity index (χ3v) is 4.51. The van der Waals surface area contributed by atoms with Crippen LogP contribution in [0, 0.1) is 5.92 Å². The predicted molar refractivity (Wildman–Crippen MR) is 89.9 cm³/mol. The van der Waals surface area contributed by atoms with E-state index >= 15 is 0 Å². The first-order valence-corrected chi connectivity index (χ1v) is 8.37.